The van der Waals surface area contributed by atoms with Gasteiger partial charge in [0.25, 0.3) is 5.91 Å². The molecule has 3 aromatic carbocycles. The summed E-state index contributed by atoms with van der Waals surface area (Å²) in [6, 6.07) is 24.8. The molecule has 0 aromatic heterocycles. The summed E-state index contributed by atoms with van der Waals surface area (Å²) in [7, 11) is 1.58. The van der Waals surface area contributed by atoms with E-state index in [9.17, 15) is 9.59 Å². The molecule has 0 saturated carbocycles. The van der Waals surface area contributed by atoms with Gasteiger partial charge in [-0.25, -0.2) is 4.79 Å². The van der Waals surface area contributed by atoms with E-state index in [0.29, 0.717) is 17.9 Å². The number of para-hydroxylation sites is 1. The zero-order valence-corrected chi connectivity index (χ0v) is 16.7. The lowest BCUT2D eigenvalue weighted by atomic mass is 10.0. The average molecular weight is 401 g/mol. The van der Waals surface area contributed by atoms with Gasteiger partial charge in [-0.15, -0.1) is 0 Å². The van der Waals surface area contributed by atoms with Crippen LogP contribution in [0.2, 0.25) is 0 Å². The number of nitrogens with one attached hydrogen (secondary N) is 1. The van der Waals surface area contributed by atoms with Gasteiger partial charge in [-0.05, 0) is 47.4 Å². The Bertz CT molecular complexity index is 1030. The number of amides is 1. The summed E-state index contributed by atoms with van der Waals surface area (Å²) in [5.41, 5.74) is 3.63. The summed E-state index contributed by atoms with van der Waals surface area (Å²) in [6.07, 6.45) is 3.59. The van der Waals surface area contributed by atoms with Crippen LogP contribution in [0.15, 0.2) is 84.9 Å². The number of hydrogen-bond donors (Lipinski definition) is 1. The molecule has 0 fully saturated rings. The van der Waals surface area contributed by atoms with Crippen LogP contribution in [0.4, 0.5) is 5.69 Å². The largest absolute Gasteiger partial charge is 0.497 e. The van der Waals surface area contributed by atoms with Crippen molar-refractivity contribution in [2.75, 3.05) is 19.0 Å². The van der Waals surface area contributed by atoms with Crippen molar-refractivity contribution in [2.24, 2.45) is 0 Å². The molecule has 0 heterocycles. The minimum Gasteiger partial charge on any atom is -0.497 e. The van der Waals surface area contributed by atoms with E-state index in [1.54, 1.807) is 19.3 Å². The van der Waals surface area contributed by atoms with Crippen LogP contribution in [0.25, 0.3) is 6.08 Å². The number of methoxy groups -OCH3 is 1. The summed E-state index contributed by atoms with van der Waals surface area (Å²) >= 11 is 0. The zero-order chi connectivity index (χ0) is 21.2. The van der Waals surface area contributed by atoms with Crippen molar-refractivity contribution in [3.63, 3.8) is 0 Å². The van der Waals surface area contributed by atoms with Crippen LogP contribution in [0.5, 0.6) is 5.75 Å². The van der Waals surface area contributed by atoms with Gasteiger partial charge < -0.3 is 14.8 Å². The number of rotatable bonds is 8. The van der Waals surface area contributed by atoms with E-state index < -0.39 is 11.9 Å². The third-order valence-corrected chi connectivity index (χ3v) is 4.38. The van der Waals surface area contributed by atoms with E-state index in [-0.39, 0.29) is 6.61 Å². The van der Waals surface area contributed by atoms with E-state index in [0.717, 1.165) is 16.7 Å². The van der Waals surface area contributed by atoms with E-state index >= 15 is 0 Å². The quantitative estimate of drug-likeness (QED) is 0.446. The predicted molar refractivity (Wildman–Crippen MR) is 117 cm³/mol. The van der Waals surface area contributed by atoms with Gasteiger partial charge in [0.2, 0.25) is 0 Å². The lowest BCUT2D eigenvalue weighted by Gasteiger charge is -2.11. The molecule has 1 N–H and O–H groups in total. The Balaban J connectivity index is 1.53. The molecule has 30 heavy (non-hydrogen) atoms. The Morgan fingerprint density at radius 1 is 0.933 bits per heavy atom. The highest BCUT2D eigenvalue weighted by atomic mass is 16.5. The number of carbonyl (C=O) groups excluding carboxylic acids is 2. The Hall–Kier alpha value is -3.86. The van der Waals surface area contributed by atoms with Crippen LogP contribution in [0, 0.1) is 0 Å². The van der Waals surface area contributed by atoms with Crippen molar-refractivity contribution in [2.45, 2.75) is 6.42 Å². The highest BCUT2D eigenvalue weighted by Gasteiger charge is 2.09. The highest BCUT2D eigenvalue weighted by Crippen LogP contribution is 2.19. The van der Waals surface area contributed by atoms with E-state index in [2.05, 4.69) is 5.32 Å². The van der Waals surface area contributed by atoms with E-state index in [1.165, 1.54) is 6.08 Å². The van der Waals surface area contributed by atoms with Crippen LogP contribution in [-0.4, -0.2) is 25.6 Å². The first-order chi connectivity index (χ1) is 14.6. The maximum absolute atomic E-state index is 12.3. The van der Waals surface area contributed by atoms with Gasteiger partial charge in [0.1, 0.15) is 5.75 Å². The fraction of sp³-hybridized carbons (Fsp3) is 0.120. The number of hydrogen-bond acceptors (Lipinski definition) is 4. The maximum atomic E-state index is 12.3. The molecule has 3 aromatic rings. The molecule has 0 aliphatic rings. The molecule has 0 aliphatic heterocycles. The van der Waals surface area contributed by atoms with Crippen LogP contribution in [-0.2, 0) is 20.7 Å². The van der Waals surface area contributed by atoms with Crippen LogP contribution in [0.1, 0.15) is 16.7 Å². The van der Waals surface area contributed by atoms with Crippen molar-refractivity contribution in [3.8, 4) is 5.75 Å². The molecule has 0 radical (unpaired) electrons. The fourth-order valence-corrected chi connectivity index (χ4v) is 2.89. The number of ether oxygens (including phenoxy) is 2. The maximum Gasteiger partial charge on any atom is 0.331 e. The summed E-state index contributed by atoms with van der Waals surface area (Å²) in [4.78, 5) is 24.2. The predicted octanol–water partition coefficient (Wildman–Crippen LogP) is 4.48. The molecular formula is C25H23NO4. The van der Waals surface area contributed by atoms with Gasteiger partial charge in [0, 0.05) is 11.8 Å². The average Bonchev–Trinajstić information content (AvgIpc) is 2.78. The second kappa shape index (κ2) is 10.6. The first-order valence-electron chi connectivity index (χ1n) is 9.54. The SMILES string of the molecule is COc1cccc(/C=C/C(=O)OCC(=O)Nc2ccccc2Cc2ccccc2)c1. The van der Waals surface area contributed by atoms with Gasteiger partial charge >= 0.3 is 5.97 Å². The summed E-state index contributed by atoms with van der Waals surface area (Å²) in [5.74, 6) is -0.289. The number of anilines is 1. The molecule has 152 valence electrons. The fourth-order valence-electron chi connectivity index (χ4n) is 2.89. The molecule has 0 spiro atoms. The number of esters is 1. The van der Waals surface area contributed by atoms with Gasteiger partial charge in [-0.1, -0.05) is 60.7 Å². The Morgan fingerprint density at radius 2 is 1.70 bits per heavy atom. The monoisotopic (exact) mass is 401 g/mol. The van der Waals surface area contributed by atoms with Crippen molar-refractivity contribution in [1.82, 2.24) is 0 Å². The molecule has 3 rings (SSSR count). The summed E-state index contributed by atoms with van der Waals surface area (Å²) in [5, 5.41) is 2.82. The van der Waals surface area contributed by atoms with Crippen LogP contribution >= 0.6 is 0 Å². The Kier molecular flexibility index (Phi) is 7.39. The summed E-state index contributed by atoms with van der Waals surface area (Å²) < 4.78 is 10.2. The lowest BCUT2D eigenvalue weighted by Crippen LogP contribution is -2.20. The number of carbonyl (C=O) groups is 2. The second-order valence-electron chi connectivity index (χ2n) is 6.59. The molecule has 0 unspecified atom stereocenters. The standard InChI is InChI=1S/C25H23NO4/c1-29-22-12-7-10-20(17-22)14-15-25(28)30-18-24(27)26-23-13-6-5-11-21(23)16-19-8-3-2-4-9-19/h2-15,17H,16,18H2,1H3,(H,26,27)/b15-14+. The van der Waals surface area contributed by atoms with Gasteiger partial charge in [-0.3, -0.25) is 4.79 Å². The van der Waals surface area contributed by atoms with Crippen LogP contribution < -0.4 is 10.1 Å². The Morgan fingerprint density at radius 3 is 2.50 bits per heavy atom. The Labute approximate surface area is 176 Å². The molecule has 0 bridgehead atoms. The molecule has 0 saturated heterocycles. The lowest BCUT2D eigenvalue weighted by molar-refractivity contribution is -0.142. The summed E-state index contributed by atoms with van der Waals surface area (Å²) in [6.45, 7) is -0.360. The van der Waals surface area contributed by atoms with Gasteiger partial charge in [0.05, 0.1) is 7.11 Å². The van der Waals surface area contributed by atoms with Crippen molar-refractivity contribution >= 4 is 23.6 Å². The third kappa shape index (κ3) is 6.34. The minimum atomic E-state index is -0.592. The van der Waals surface area contributed by atoms with Crippen molar-refractivity contribution < 1.29 is 19.1 Å². The zero-order valence-electron chi connectivity index (χ0n) is 16.7. The molecular weight excluding hydrogens is 378 g/mol. The molecule has 0 atom stereocenters. The smallest absolute Gasteiger partial charge is 0.331 e. The first-order valence-corrected chi connectivity index (χ1v) is 9.54. The molecule has 5 nitrogen and oxygen atoms in total. The number of benzene rings is 3. The molecule has 1 amide bonds. The molecule has 5 heteroatoms. The minimum absolute atomic E-state index is 0.360. The van der Waals surface area contributed by atoms with E-state index in [1.807, 2.05) is 72.8 Å². The normalized spacial score (nSPS) is 10.6. The van der Waals surface area contributed by atoms with E-state index in [4.69, 9.17) is 9.47 Å². The van der Waals surface area contributed by atoms with Gasteiger partial charge in [-0.2, -0.15) is 0 Å². The second-order valence-corrected chi connectivity index (χ2v) is 6.59. The first kappa shape index (κ1) is 20.9. The molecule has 0 aliphatic carbocycles. The van der Waals surface area contributed by atoms with Gasteiger partial charge in [0.15, 0.2) is 6.61 Å². The highest BCUT2D eigenvalue weighted by molar-refractivity contribution is 5.95. The van der Waals surface area contributed by atoms with Crippen molar-refractivity contribution in [1.29, 1.82) is 0 Å². The topological polar surface area (TPSA) is 64.6 Å². The van der Waals surface area contributed by atoms with Crippen LogP contribution in [0.3, 0.4) is 0 Å². The van der Waals surface area contributed by atoms with Crippen molar-refractivity contribution in [3.05, 3.63) is 102 Å². The third-order valence-electron chi connectivity index (χ3n) is 4.38.